The van der Waals surface area contributed by atoms with Crippen molar-refractivity contribution in [3.8, 4) is 11.7 Å². The van der Waals surface area contributed by atoms with Crippen molar-refractivity contribution >= 4 is 17.6 Å². The number of pyridine rings is 1. The van der Waals surface area contributed by atoms with Crippen LogP contribution in [0.1, 0.15) is 37.6 Å². The molecular formula is C17H17ClF3N3O3. The first-order chi connectivity index (χ1) is 12.4. The highest BCUT2D eigenvalue weighted by Gasteiger charge is 2.57. The zero-order chi connectivity index (χ0) is 20.0. The van der Waals surface area contributed by atoms with E-state index in [9.17, 15) is 18.0 Å². The molecule has 2 unspecified atom stereocenters. The van der Waals surface area contributed by atoms with Gasteiger partial charge in [0.05, 0.1) is 11.5 Å². The fourth-order valence-electron chi connectivity index (χ4n) is 2.34. The molecule has 146 valence electrons. The molecule has 0 amide bonds. The van der Waals surface area contributed by atoms with E-state index in [0.717, 1.165) is 0 Å². The number of aromatic nitrogens is 3. The molecule has 27 heavy (non-hydrogen) atoms. The van der Waals surface area contributed by atoms with E-state index >= 15 is 0 Å². The summed E-state index contributed by atoms with van der Waals surface area (Å²) in [4.78, 5) is 16.2. The minimum Gasteiger partial charge on any atom is -0.473 e. The lowest BCUT2D eigenvalue weighted by molar-refractivity contribution is -0.153. The van der Waals surface area contributed by atoms with E-state index in [-0.39, 0.29) is 28.8 Å². The summed E-state index contributed by atoms with van der Waals surface area (Å²) in [6.07, 6.45) is -3.78. The summed E-state index contributed by atoms with van der Waals surface area (Å²) in [6.45, 7) is 5.19. The fraction of sp³-hybridized carbons (Fsp3) is 0.471. The van der Waals surface area contributed by atoms with Crippen molar-refractivity contribution in [2.75, 3.05) is 0 Å². The molecule has 2 atom stereocenters. The Kier molecular flexibility index (Phi) is 4.83. The van der Waals surface area contributed by atoms with Gasteiger partial charge < -0.3 is 9.47 Å². The molecule has 0 N–H and O–H groups in total. The monoisotopic (exact) mass is 403 g/mol. The van der Waals surface area contributed by atoms with Crippen LogP contribution in [0.4, 0.5) is 13.2 Å². The molecule has 0 radical (unpaired) electrons. The first kappa shape index (κ1) is 19.5. The van der Waals surface area contributed by atoms with Crippen LogP contribution in [0, 0.1) is 5.92 Å². The number of nitrogens with zero attached hydrogens (tertiary/aromatic N) is 3. The largest absolute Gasteiger partial charge is 0.473 e. The Morgan fingerprint density at radius 1 is 1.26 bits per heavy atom. The maximum atomic E-state index is 12.5. The van der Waals surface area contributed by atoms with E-state index in [1.807, 2.05) is 0 Å². The van der Waals surface area contributed by atoms with Gasteiger partial charge >= 0.3 is 12.1 Å². The maximum absolute atomic E-state index is 12.5. The summed E-state index contributed by atoms with van der Waals surface area (Å²) in [7, 11) is 0. The highest BCUT2D eigenvalue weighted by atomic mass is 35.5. The number of hydrogen-bond acceptors (Lipinski definition) is 5. The number of alkyl halides is 3. The summed E-state index contributed by atoms with van der Waals surface area (Å²) >= 11 is 6.06. The zero-order valence-electron chi connectivity index (χ0n) is 14.7. The zero-order valence-corrected chi connectivity index (χ0v) is 15.5. The first-order valence-electron chi connectivity index (χ1n) is 8.13. The normalized spacial score (nSPS) is 19.7. The predicted octanol–water partition coefficient (Wildman–Crippen LogP) is 4.21. The van der Waals surface area contributed by atoms with Crippen molar-refractivity contribution in [1.29, 1.82) is 0 Å². The van der Waals surface area contributed by atoms with Gasteiger partial charge in [-0.15, -0.1) is 5.10 Å². The molecule has 6 nitrogen and oxygen atoms in total. The number of hydrogen-bond donors (Lipinski definition) is 0. The number of ether oxygens (including phenoxy) is 2. The van der Waals surface area contributed by atoms with Crippen molar-refractivity contribution in [2.24, 2.45) is 5.92 Å². The van der Waals surface area contributed by atoms with Gasteiger partial charge in [-0.25, -0.2) is 14.5 Å². The fourth-order valence-corrected chi connectivity index (χ4v) is 2.56. The predicted molar refractivity (Wildman–Crippen MR) is 90.1 cm³/mol. The van der Waals surface area contributed by atoms with Gasteiger partial charge in [0.1, 0.15) is 16.9 Å². The van der Waals surface area contributed by atoms with Crippen molar-refractivity contribution in [3.05, 3.63) is 35.1 Å². The van der Waals surface area contributed by atoms with Crippen molar-refractivity contribution in [3.63, 3.8) is 0 Å². The SMILES string of the molecule is CC(C)(C)OC(=O)c1ccc(-n2ccc(OC3CC3C(F)(F)F)n2)nc1Cl. The van der Waals surface area contributed by atoms with Crippen LogP contribution in [0.25, 0.3) is 5.82 Å². The Bertz CT molecular complexity index is 861. The van der Waals surface area contributed by atoms with Gasteiger partial charge in [-0.2, -0.15) is 13.2 Å². The second-order valence-electron chi connectivity index (χ2n) is 7.15. The standard InChI is InChI=1S/C17H17ClF3N3O3/c1-16(2,3)27-15(25)9-4-5-12(22-14(9)18)24-7-6-13(23-24)26-11-8-10(11)17(19,20)21/h4-7,10-11H,8H2,1-3H3. The summed E-state index contributed by atoms with van der Waals surface area (Å²) in [5.74, 6) is -1.72. The molecule has 1 saturated carbocycles. The molecular weight excluding hydrogens is 387 g/mol. The molecule has 1 fully saturated rings. The van der Waals surface area contributed by atoms with Crippen LogP contribution in [0.5, 0.6) is 5.88 Å². The highest BCUT2D eigenvalue weighted by molar-refractivity contribution is 6.32. The van der Waals surface area contributed by atoms with E-state index in [1.165, 1.54) is 29.1 Å². The van der Waals surface area contributed by atoms with Crippen LogP contribution in [0.3, 0.4) is 0 Å². The number of halogens is 4. The van der Waals surface area contributed by atoms with E-state index in [1.54, 1.807) is 20.8 Å². The van der Waals surface area contributed by atoms with Crippen LogP contribution in [0.2, 0.25) is 5.15 Å². The topological polar surface area (TPSA) is 66.2 Å². The Morgan fingerprint density at radius 3 is 2.52 bits per heavy atom. The van der Waals surface area contributed by atoms with Crippen molar-refractivity contribution in [1.82, 2.24) is 14.8 Å². The molecule has 0 aliphatic heterocycles. The van der Waals surface area contributed by atoms with E-state index in [0.29, 0.717) is 0 Å². The number of rotatable bonds is 4. The first-order valence-corrected chi connectivity index (χ1v) is 8.51. The summed E-state index contributed by atoms with van der Waals surface area (Å²) in [5, 5.41) is 3.97. The molecule has 10 heteroatoms. The molecule has 1 aliphatic rings. The summed E-state index contributed by atoms with van der Waals surface area (Å²) < 4.78 is 49.4. The minimum atomic E-state index is -4.26. The Hall–Kier alpha value is -2.29. The minimum absolute atomic E-state index is 0.0564. The number of esters is 1. The van der Waals surface area contributed by atoms with Gasteiger partial charge in [-0.05, 0) is 39.3 Å². The molecule has 0 bridgehead atoms. The third-order valence-corrected chi connectivity index (χ3v) is 3.96. The van der Waals surface area contributed by atoms with Crippen LogP contribution in [0.15, 0.2) is 24.4 Å². The van der Waals surface area contributed by atoms with Crippen molar-refractivity contribution < 1.29 is 27.4 Å². The lowest BCUT2D eigenvalue weighted by Gasteiger charge is -2.19. The Morgan fingerprint density at radius 2 is 1.96 bits per heavy atom. The number of carbonyl (C=O) groups excluding carboxylic acids is 1. The van der Waals surface area contributed by atoms with Gasteiger partial charge in [0.25, 0.3) is 0 Å². The van der Waals surface area contributed by atoms with Crippen LogP contribution >= 0.6 is 11.6 Å². The maximum Gasteiger partial charge on any atom is 0.395 e. The van der Waals surface area contributed by atoms with Crippen LogP contribution in [-0.4, -0.2) is 38.6 Å². The second-order valence-corrected chi connectivity index (χ2v) is 7.51. The lowest BCUT2D eigenvalue weighted by Crippen LogP contribution is -2.24. The molecule has 3 rings (SSSR count). The molecule has 0 spiro atoms. The smallest absolute Gasteiger partial charge is 0.395 e. The molecule has 0 saturated heterocycles. The molecule has 1 aliphatic carbocycles. The van der Waals surface area contributed by atoms with Gasteiger partial charge in [-0.1, -0.05) is 11.6 Å². The van der Waals surface area contributed by atoms with Crippen LogP contribution < -0.4 is 4.74 Å². The van der Waals surface area contributed by atoms with Crippen molar-refractivity contribution in [2.45, 2.75) is 45.1 Å². The second kappa shape index (κ2) is 6.70. The average Bonchev–Trinajstić information content (AvgIpc) is 3.13. The van der Waals surface area contributed by atoms with Gasteiger partial charge in [0, 0.05) is 12.3 Å². The summed E-state index contributed by atoms with van der Waals surface area (Å²) in [5.41, 5.74) is -0.574. The molecule has 2 aromatic rings. The van der Waals surface area contributed by atoms with Gasteiger partial charge in [0.2, 0.25) is 5.88 Å². The number of carbonyl (C=O) groups is 1. The lowest BCUT2D eigenvalue weighted by atomic mass is 10.2. The Balaban J connectivity index is 1.70. The highest BCUT2D eigenvalue weighted by Crippen LogP contribution is 2.46. The van der Waals surface area contributed by atoms with E-state index in [2.05, 4.69) is 10.1 Å². The third kappa shape index (κ3) is 4.71. The Labute approximate surface area is 158 Å². The molecule has 0 aromatic carbocycles. The average molecular weight is 404 g/mol. The quantitative estimate of drug-likeness (QED) is 0.565. The molecule has 2 heterocycles. The summed E-state index contributed by atoms with van der Waals surface area (Å²) in [6, 6.07) is 4.38. The van der Waals surface area contributed by atoms with Gasteiger partial charge in [0.15, 0.2) is 5.82 Å². The van der Waals surface area contributed by atoms with Gasteiger partial charge in [-0.3, -0.25) is 0 Å². The van der Waals surface area contributed by atoms with E-state index < -0.39 is 29.8 Å². The molecule has 2 aromatic heterocycles. The van der Waals surface area contributed by atoms with E-state index in [4.69, 9.17) is 21.1 Å². The third-order valence-electron chi connectivity index (χ3n) is 3.68. The van der Waals surface area contributed by atoms with Crippen LogP contribution in [-0.2, 0) is 4.74 Å².